The summed E-state index contributed by atoms with van der Waals surface area (Å²) in [5, 5.41) is 12.5. The molecular weight excluding hydrogens is 729 g/mol. The number of ether oxygens (including phenoxy) is 5. The Morgan fingerprint density at radius 3 is 2.53 bits per heavy atom. The first-order valence-electron chi connectivity index (χ1n) is 20.3. The summed E-state index contributed by atoms with van der Waals surface area (Å²) >= 11 is 0. The second-order valence-electron chi connectivity index (χ2n) is 17.0. The molecule has 5 heterocycles. The number of likely N-dealkylation sites (N-methyl/N-ethyl adjacent to an activating group) is 1. The van der Waals surface area contributed by atoms with Crippen molar-refractivity contribution in [3.63, 3.8) is 0 Å². The largest absolute Gasteiger partial charge is 0.457 e. The van der Waals surface area contributed by atoms with E-state index in [0.717, 1.165) is 16.6 Å². The van der Waals surface area contributed by atoms with E-state index in [0.29, 0.717) is 37.9 Å². The van der Waals surface area contributed by atoms with Crippen molar-refractivity contribution in [3.8, 4) is 11.8 Å². The van der Waals surface area contributed by atoms with Gasteiger partial charge in [-0.1, -0.05) is 57.7 Å². The quantitative estimate of drug-likeness (QED) is 0.238. The van der Waals surface area contributed by atoms with Gasteiger partial charge in [-0.15, -0.1) is 0 Å². The molecule has 2 bridgehead atoms. The SMILES string of the molecule is CC[C@H]1OC(=O)C(CC#Cc2cnc3ccccc3c2)C(=O)[C@H](C)[C@@H](O[C@@H]2O[C@H](C)C[C@H](N(C)C)[C@H]2O)[C@@](C)(OC)C[C@@H](C)C2=NCCN3C(=O)O[C@@]1(C)[C@H]3[C@H]2C. The number of cyclic esters (lactones) is 1. The minimum absolute atomic E-state index is 0.153. The van der Waals surface area contributed by atoms with E-state index < -0.39 is 71.5 Å². The highest BCUT2D eigenvalue weighted by Crippen LogP contribution is 2.44. The normalized spacial score (nSPS) is 37.8. The summed E-state index contributed by atoms with van der Waals surface area (Å²) in [6, 6.07) is 8.85. The van der Waals surface area contributed by atoms with E-state index in [-0.39, 0.29) is 30.4 Å². The maximum Gasteiger partial charge on any atom is 0.410 e. The van der Waals surface area contributed by atoms with Gasteiger partial charge in [-0.25, -0.2) is 4.79 Å². The molecule has 310 valence electrons. The van der Waals surface area contributed by atoms with Crippen LogP contribution in [0.15, 0.2) is 41.5 Å². The van der Waals surface area contributed by atoms with Gasteiger partial charge < -0.3 is 33.7 Å². The fourth-order valence-corrected chi connectivity index (χ4v) is 9.79. The number of esters is 1. The van der Waals surface area contributed by atoms with Crippen LogP contribution in [0, 0.1) is 35.5 Å². The molecule has 13 nitrogen and oxygen atoms in total. The molecule has 1 aromatic heterocycles. The maximum atomic E-state index is 15.0. The average molecular weight is 789 g/mol. The first-order valence-corrected chi connectivity index (χ1v) is 20.3. The number of hydrogen-bond donors (Lipinski definition) is 1. The molecule has 1 amide bonds. The zero-order chi connectivity index (χ0) is 41.4. The number of carbonyl (C=O) groups is 3. The molecule has 57 heavy (non-hydrogen) atoms. The molecule has 1 unspecified atom stereocenters. The van der Waals surface area contributed by atoms with Crippen molar-refractivity contribution in [2.24, 2.45) is 28.7 Å². The van der Waals surface area contributed by atoms with Gasteiger partial charge in [-0.3, -0.25) is 24.5 Å². The van der Waals surface area contributed by atoms with Gasteiger partial charge in [0.15, 0.2) is 17.7 Å². The number of methoxy groups -OCH3 is 1. The summed E-state index contributed by atoms with van der Waals surface area (Å²) in [7, 11) is 5.38. The lowest BCUT2D eigenvalue weighted by Gasteiger charge is -2.47. The minimum atomic E-state index is -1.34. The third kappa shape index (κ3) is 8.35. The number of nitrogens with zero attached hydrogens (tertiary/aromatic N) is 4. The van der Waals surface area contributed by atoms with Crippen LogP contribution in [0.5, 0.6) is 0 Å². The maximum absolute atomic E-state index is 15.0. The highest BCUT2D eigenvalue weighted by atomic mass is 16.7. The Kier molecular flexibility index (Phi) is 12.8. The smallest absolute Gasteiger partial charge is 0.410 e. The Labute approximate surface area is 336 Å². The van der Waals surface area contributed by atoms with Crippen molar-refractivity contribution in [1.82, 2.24) is 14.8 Å². The van der Waals surface area contributed by atoms with Gasteiger partial charge >= 0.3 is 12.1 Å². The van der Waals surface area contributed by atoms with Crippen molar-refractivity contribution < 1.29 is 43.2 Å². The number of carbonyl (C=O) groups excluding carboxylic acids is 3. The molecule has 1 N–H and O–H groups in total. The van der Waals surface area contributed by atoms with Gasteiger partial charge in [-0.05, 0) is 72.2 Å². The average Bonchev–Trinajstić information content (AvgIpc) is 3.30. The minimum Gasteiger partial charge on any atom is -0.457 e. The topological polar surface area (TPSA) is 149 Å². The first kappa shape index (κ1) is 42.7. The summed E-state index contributed by atoms with van der Waals surface area (Å²) in [4.78, 5) is 56.4. The summed E-state index contributed by atoms with van der Waals surface area (Å²) in [6.07, 6.45) is -1.94. The monoisotopic (exact) mass is 788 g/mol. The van der Waals surface area contributed by atoms with Crippen molar-refractivity contribution in [1.29, 1.82) is 0 Å². The lowest BCUT2D eigenvalue weighted by Crippen LogP contribution is -2.60. The molecule has 0 spiro atoms. The van der Waals surface area contributed by atoms with E-state index in [1.54, 1.807) is 25.1 Å². The number of pyridine rings is 1. The van der Waals surface area contributed by atoms with Crippen LogP contribution in [-0.4, -0.2) is 132 Å². The predicted octanol–water partition coefficient (Wildman–Crippen LogP) is 5.05. The van der Waals surface area contributed by atoms with Crippen LogP contribution >= 0.6 is 0 Å². The molecule has 2 aromatic rings. The van der Waals surface area contributed by atoms with Crippen molar-refractivity contribution in [2.45, 2.75) is 128 Å². The van der Waals surface area contributed by atoms with Crippen LogP contribution in [-0.2, 0) is 33.3 Å². The zero-order valence-electron chi connectivity index (χ0n) is 35.1. The molecule has 13 heteroatoms. The predicted molar refractivity (Wildman–Crippen MR) is 214 cm³/mol. The van der Waals surface area contributed by atoms with E-state index in [4.69, 9.17) is 28.7 Å². The molecular formula is C44H60N4O9. The zero-order valence-corrected chi connectivity index (χ0v) is 35.1. The van der Waals surface area contributed by atoms with E-state index >= 15 is 4.79 Å². The van der Waals surface area contributed by atoms with Gasteiger partial charge in [-0.2, -0.15) is 0 Å². The van der Waals surface area contributed by atoms with Gasteiger partial charge in [0.05, 0.1) is 35.9 Å². The Balaban J connectivity index is 1.45. The third-order valence-corrected chi connectivity index (χ3v) is 12.8. The van der Waals surface area contributed by atoms with Gasteiger partial charge in [0.25, 0.3) is 0 Å². The van der Waals surface area contributed by atoms with Crippen LogP contribution in [0.4, 0.5) is 4.79 Å². The Hall–Kier alpha value is -3.93. The van der Waals surface area contributed by atoms with Gasteiger partial charge in [0.1, 0.15) is 18.1 Å². The number of aliphatic imine (C=N–C) groups is 1. The van der Waals surface area contributed by atoms with E-state index in [1.165, 1.54) is 0 Å². The number of fused-ring (bicyclic) bond motifs is 2. The molecule has 4 aliphatic rings. The number of ketones is 1. The Bertz CT molecular complexity index is 1910. The number of rotatable bonds is 6. The molecule has 0 radical (unpaired) electrons. The van der Waals surface area contributed by atoms with E-state index in [2.05, 4.69) is 23.7 Å². The molecule has 4 aliphatic heterocycles. The highest BCUT2D eigenvalue weighted by molar-refractivity contribution is 6.01. The summed E-state index contributed by atoms with van der Waals surface area (Å²) in [5.41, 5.74) is -0.0540. The fourth-order valence-electron chi connectivity index (χ4n) is 9.79. The van der Waals surface area contributed by atoms with Gasteiger partial charge in [0.2, 0.25) is 0 Å². The molecule has 3 fully saturated rings. The number of aliphatic hydroxyl groups excluding tert-OH is 1. The van der Waals surface area contributed by atoms with Crippen LogP contribution in [0.2, 0.25) is 0 Å². The van der Waals surface area contributed by atoms with Crippen molar-refractivity contribution in [3.05, 3.63) is 42.1 Å². The molecule has 13 atom stereocenters. The molecule has 6 rings (SSSR count). The summed E-state index contributed by atoms with van der Waals surface area (Å²) < 4.78 is 31.9. The standard InChI is InChI=1S/C44H60N4O9/c1-11-34-44(7)38-27(4)35(45-19-20-48(38)42(52)57-44)25(2)23-43(6,53-10)39(56-41-37(50)33(47(8)9)21-26(3)54-41)28(5)36(49)31(40(51)55-34)17-14-15-29-22-30-16-12-13-18-32(30)46-24-29/h12-13,16,18,22,24-28,31,33-34,37-39,41,50H,11,17,19-21,23H2,1-10H3/t25-,26-,27+,28+,31?,33+,34-,37-,38-,39-,41+,43+,44-/m1/s1. The van der Waals surface area contributed by atoms with Crippen LogP contribution < -0.4 is 0 Å². The lowest BCUT2D eigenvalue weighted by molar-refractivity contribution is -0.295. The highest BCUT2D eigenvalue weighted by Gasteiger charge is 2.60. The number of aromatic nitrogens is 1. The lowest BCUT2D eigenvalue weighted by atomic mass is 9.73. The van der Waals surface area contributed by atoms with Crippen molar-refractivity contribution in [2.75, 3.05) is 34.3 Å². The van der Waals surface area contributed by atoms with Crippen LogP contribution in [0.3, 0.4) is 0 Å². The number of benzene rings is 1. The number of aliphatic hydroxyl groups is 1. The summed E-state index contributed by atoms with van der Waals surface area (Å²) in [5.74, 6) is 2.19. The second kappa shape index (κ2) is 17.1. The van der Waals surface area contributed by atoms with Gasteiger partial charge in [0, 0.05) is 60.8 Å². The fraction of sp³-hybridized carbons (Fsp3) is 0.659. The number of para-hydroxylation sites is 1. The number of Topliss-reactive ketones (excluding diaryl/α,β-unsaturated/α-hetero) is 1. The van der Waals surface area contributed by atoms with Crippen LogP contribution in [0.25, 0.3) is 10.9 Å². The Morgan fingerprint density at radius 2 is 1.82 bits per heavy atom. The number of amides is 1. The number of hydrogen-bond acceptors (Lipinski definition) is 12. The van der Waals surface area contributed by atoms with E-state index in [9.17, 15) is 14.7 Å². The molecule has 0 saturated carbocycles. The third-order valence-electron chi connectivity index (χ3n) is 12.8. The van der Waals surface area contributed by atoms with Crippen molar-refractivity contribution >= 4 is 34.5 Å². The molecule has 0 aliphatic carbocycles. The Morgan fingerprint density at radius 1 is 1.09 bits per heavy atom. The summed E-state index contributed by atoms with van der Waals surface area (Å²) in [6.45, 7) is 14.1. The van der Waals surface area contributed by atoms with Crippen LogP contribution in [0.1, 0.15) is 79.7 Å². The first-order chi connectivity index (χ1) is 27.0. The molecule has 3 saturated heterocycles. The second-order valence-corrected chi connectivity index (χ2v) is 17.0. The van der Waals surface area contributed by atoms with E-state index in [1.807, 2.05) is 83.9 Å². The molecule has 1 aromatic carbocycles.